The van der Waals surface area contributed by atoms with Gasteiger partial charge in [0.05, 0.1) is 25.0 Å². The van der Waals surface area contributed by atoms with Gasteiger partial charge in [0.25, 0.3) is 0 Å². The molecule has 8 heteroatoms. The number of hydrogen-bond donors (Lipinski definition) is 1. The molecular weight excluding hydrogens is 262 g/mol. The second-order valence-corrected chi connectivity index (χ2v) is 4.77. The highest BCUT2D eigenvalue weighted by Gasteiger charge is 2.52. The number of amides is 3. The van der Waals surface area contributed by atoms with Gasteiger partial charge in [-0.25, -0.2) is 4.79 Å². The van der Waals surface area contributed by atoms with E-state index >= 15 is 0 Å². The Labute approximate surface area is 115 Å². The number of carbonyl (C=O) groups is 2. The van der Waals surface area contributed by atoms with Gasteiger partial charge in [-0.1, -0.05) is 6.08 Å². The van der Waals surface area contributed by atoms with Crippen LogP contribution < -0.4 is 5.73 Å². The predicted molar refractivity (Wildman–Crippen MR) is 68.0 cm³/mol. The van der Waals surface area contributed by atoms with Gasteiger partial charge < -0.3 is 10.6 Å². The van der Waals surface area contributed by atoms with E-state index in [4.69, 9.17) is 10.6 Å². The van der Waals surface area contributed by atoms with Crippen LogP contribution in [0.1, 0.15) is 23.3 Å². The summed E-state index contributed by atoms with van der Waals surface area (Å²) in [5, 5.41) is 5.43. The van der Waals surface area contributed by atoms with Crippen molar-refractivity contribution in [2.24, 2.45) is 12.8 Å². The average molecular weight is 277 g/mol. The lowest BCUT2D eigenvalue weighted by Gasteiger charge is -2.28. The third-order valence-electron chi connectivity index (χ3n) is 3.63. The zero-order valence-corrected chi connectivity index (χ0v) is 11.0. The van der Waals surface area contributed by atoms with Crippen LogP contribution in [0.15, 0.2) is 18.9 Å². The number of rotatable bonds is 4. The number of aromatic nitrogens is 2. The summed E-state index contributed by atoms with van der Waals surface area (Å²) in [7, 11) is 1.72. The van der Waals surface area contributed by atoms with Crippen LogP contribution in [-0.2, 0) is 16.7 Å². The van der Waals surface area contributed by atoms with E-state index in [1.807, 2.05) is 0 Å². The van der Waals surface area contributed by atoms with Crippen molar-refractivity contribution in [2.45, 2.75) is 12.1 Å². The maximum atomic E-state index is 12.3. The first-order valence-corrected chi connectivity index (χ1v) is 6.21. The molecular formula is C12H15N5O3. The summed E-state index contributed by atoms with van der Waals surface area (Å²) in [6.45, 7) is 4.14. The second kappa shape index (κ2) is 4.34. The van der Waals surface area contributed by atoms with Crippen molar-refractivity contribution in [1.29, 1.82) is 0 Å². The molecule has 2 N–H and O–H groups in total. The molecule has 20 heavy (non-hydrogen) atoms. The first-order chi connectivity index (χ1) is 9.56. The molecule has 106 valence electrons. The van der Waals surface area contributed by atoms with E-state index < -0.39 is 11.9 Å². The standard InChI is InChI=1S/C12H15N5O3/c1-3-4-20-17-8-6-16(12(17)19)10(11(13)18)9-7(8)5-14-15(9)2/h3,5,8,10H,1,4,6H2,2H3,(H2,13,18). The highest BCUT2D eigenvalue weighted by atomic mass is 16.7. The molecule has 2 bridgehead atoms. The fourth-order valence-corrected chi connectivity index (χ4v) is 2.81. The summed E-state index contributed by atoms with van der Waals surface area (Å²) in [6.07, 6.45) is 3.21. The molecule has 3 rings (SSSR count). The number of carbonyl (C=O) groups excluding carboxylic acids is 2. The van der Waals surface area contributed by atoms with Crippen LogP contribution in [0, 0.1) is 0 Å². The molecule has 2 atom stereocenters. The average Bonchev–Trinajstić information content (AvgIpc) is 2.91. The van der Waals surface area contributed by atoms with E-state index in [1.165, 1.54) is 9.96 Å². The first-order valence-electron chi connectivity index (χ1n) is 6.21. The van der Waals surface area contributed by atoms with Gasteiger partial charge in [-0.05, 0) is 0 Å². The van der Waals surface area contributed by atoms with Gasteiger partial charge in [-0.3, -0.25) is 14.3 Å². The quantitative estimate of drug-likeness (QED) is 0.775. The predicted octanol–water partition coefficient (Wildman–Crippen LogP) is -0.144. The van der Waals surface area contributed by atoms with E-state index in [0.717, 1.165) is 5.56 Å². The summed E-state index contributed by atoms with van der Waals surface area (Å²) < 4.78 is 1.58. The maximum Gasteiger partial charge on any atom is 0.345 e. The van der Waals surface area contributed by atoms with Crippen molar-refractivity contribution in [3.8, 4) is 0 Å². The van der Waals surface area contributed by atoms with Crippen LogP contribution in [0.5, 0.6) is 0 Å². The lowest BCUT2D eigenvalue weighted by molar-refractivity contribution is -0.123. The monoisotopic (exact) mass is 277 g/mol. The Morgan fingerprint density at radius 1 is 1.70 bits per heavy atom. The SMILES string of the molecule is C=CCON1C(=O)N2CC1c1cnn(C)c1C2C(N)=O. The zero-order chi connectivity index (χ0) is 14.4. The summed E-state index contributed by atoms with van der Waals surface area (Å²) >= 11 is 0. The van der Waals surface area contributed by atoms with E-state index in [9.17, 15) is 9.59 Å². The van der Waals surface area contributed by atoms with Crippen molar-refractivity contribution >= 4 is 11.9 Å². The topological polar surface area (TPSA) is 93.7 Å². The molecule has 0 aliphatic carbocycles. The van der Waals surface area contributed by atoms with E-state index in [1.54, 1.807) is 24.0 Å². The Kier molecular flexibility index (Phi) is 2.75. The van der Waals surface area contributed by atoms with Crippen LogP contribution in [0.25, 0.3) is 0 Å². The molecule has 2 aliphatic rings. The van der Waals surface area contributed by atoms with Crippen molar-refractivity contribution in [3.63, 3.8) is 0 Å². The van der Waals surface area contributed by atoms with Crippen LogP contribution >= 0.6 is 0 Å². The van der Waals surface area contributed by atoms with Crippen molar-refractivity contribution in [1.82, 2.24) is 19.7 Å². The number of fused-ring (bicyclic) bond motifs is 4. The van der Waals surface area contributed by atoms with Gasteiger partial charge in [0, 0.05) is 12.6 Å². The Bertz CT molecular complexity index is 596. The Balaban J connectivity index is 2.06. The van der Waals surface area contributed by atoms with Gasteiger partial charge in [0.15, 0.2) is 6.04 Å². The summed E-state index contributed by atoms with van der Waals surface area (Å²) in [4.78, 5) is 30.9. The highest BCUT2D eigenvalue weighted by Crippen LogP contribution is 2.43. The fourth-order valence-electron chi connectivity index (χ4n) is 2.81. The van der Waals surface area contributed by atoms with Gasteiger partial charge in [-0.15, -0.1) is 6.58 Å². The van der Waals surface area contributed by atoms with Crippen LogP contribution in [0.3, 0.4) is 0 Å². The molecule has 1 aromatic heterocycles. The van der Waals surface area contributed by atoms with Gasteiger partial charge >= 0.3 is 6.03 Å². The Morgan fingerprint density at radius 3 is 3.10 bits per heavy atom. The van der Waals surface area contributed by atoms with Crippen molar-refractivity contribution in [3.05, 3.63) is 30.1 Å². The largest absolute Gasteiger partial charge is 0.368 e. The minimum Gasteiger partial charge on any atom is -0.368 e. The molecule has 0 radical (unpaired) electrons. The highest BCUT2D eigenvalue weighted by molar-refractivity contribution is 5.89. The summed E-state index contributed by atoms with van der Waals surface area (Å²) in [5.74, 6) is -0.577. The minimum absolute atomic E-state index is 0.215. The van der Waals surface area contributed by atoms with Crippen molar-refractivity contribution in [2.75, 3.05) is 13.2 Å². The fraction of sp³-hybridized carbons (Fsp3) is 0.417. The molecule has 8 nitrogen and oxygen atoms in total. The van der Waals surface area contributed by atoms with Crippen LogP contribution in [0.4, 0.5) is 4.79 Å². The summed E-state index contributed by atoms with van der Waals surface area (Å²) in [5.41, 5.74) is 6.89. The molecule has 1 fully saturated rings. The van der Waals surface area contributed by atoms with E-state index in [0.29, 0.717) is 12.2 Å². The molecule has 0 spiro atoms. The zero-order valence-electron chi connectivity index (χ0n) is 11.0. The molecule has 2 unspecified atom stereocenters. The second-order valence-electron chi connectivity index (χ2n) is 4.77. The normalized spacial score (nSPS) is 23.9. The molecule has 0 saturated carbocycles. The lowest BCUT2D eigenvalue weighted by atomic mass is 9.98. The smallest absolute Gasteiger partial charge is 0.345 e. The van der Waals surface area contributed by atoms with Gasteiger partial charge in [-0.2, -0.15) is 10.2 Å². The number of aryl methyl sites for hydroxylation is 1. The molecule has 0 aromatic carbocycles. The number of nitrogens with two attached hydrogens (primary N) is 1. The third-order valence-corrected chi connectivity index (χ3v) is 3.63. The number of hydrogen-bond acceptors (Lipinski definition) is 4. The van der Waals surface area contributed by atoms with Crippen molar-refractivity contribution < 1.29 is 14.4 Å². The van der Waals surface area contributed by atoms with E-state index in [-0.39, 0.29) is 18.7 Å². The lowest BCUT2D eigenvalue weighted by Crippen LogP contribution is -2.42. The van der Waals surface area contributed by atoms with Crippen LogP contribution in [0.2, 0.25) is 0 Å². The number of nitrogens with zero attached hydrogens (tertiary/aromatic N) is 4. The van der Waals surface area contributed by atoms with E-state index in [2.05, 4.69) is 11.7 Å². The van der Waals surface area contributed by atoms with Crippen LogP contribution in [-0.4, -0.2) is 44.8 Å². The Morgan fingerprint density at radius 2 is 2.45 bits per heavy atom. The maximum absolute atomic E-state index is 12.3. The Hall–Kier alpha value is -2.35. The summed E-state index contributed by atoms with van der Waals surface area (Å²) in [6, 6.07) is -1.45. The number of primary amides is 1. The number of hydroxylamine groups is 2. The molecule has 3 heterocycles. The number of urea groups is 1. The van der Waals surface area contributed by atoms with Gasteiger partial charge in [0.1, 0.15) is 6.04 Å². The minimum atomic E-state index is -0.807. The first kappa shape index (κ1) is 12.7. The molecule has 1 saturated heterocycles. The van der Waals surface area contributed by atoms with Gasteiger partial charge in [0.2, 0.25) is 5.91 Å². The third kappa shape index (κ3) is 1.54. The molecule has 3 amide bonds. The molecule has 2 aliphatic heterocycles. The molecule has 1 aromatic rings.